The molecule has 0 fully saturated rings. The monoisotopic (exact) mass is 436 g/mol. The molecule has 2 aromatic carbocycles. The van der Waals surface area contributed by atoms with Crippen LogP contribution in [0.25, 0.3) is 33.9 Å². The molecule has 0 atom stereocenters. The smallest absolute Gasteiger partial charge is 0.141 e. The number of ether oxygens (including phenoxy) is 1. The van der Waals surface area contributed by atoms with Crippen LogP contribution in [-0.4, -0.2) is 47.1 Å². The summed E-state index contributed by atoms with van der Waals surface area (Å²) < 4.78 is 19.5. The Hall–Kier alpha value is -3.22. The predicted molar refractivity (Wildman–Crippen MR) is 122 cm³/mol. The van der Waals surface area contributed by atoms with Crippen LogP contribution in [0, 0.1) is 5.82 Å². The number of H-pyrrole nitrogens is 1. The van der Waals surface area contributed by atoms with Crippen LogP contribution >= 0.6 is 11.6 Å². The van der Waals surface area contributed by atoms with Crippen LogP contribution in [0.4, 0.5) is 4.39 Å². The molecule has 0 saturated heterocycles. The third-order valence-corrected chi connectivity index (χ3v) is 5.09. The molecule has 5 nitrogen and oxygen atoms in total. The summed E-state index contributed by atoms with van der Waals surface area (Å²) in [7, 11) is 4.02. The second-order valence-electron chi connectivity index (χ2n) is 7.35. The molecule has 0 aliphatic carbocycles. The van der Waals surface area contributed by atoms with Crippen LogP contribution in [0.1, 0.15) is 0 Å². The molecule has 0 unspecified atom stereocenters. The number of likely N-dealkylation sites (N-methyl/N-ethyl adjacent to an activating group) is 1. The average molecular weight is 437 g/mol. The van der Waals surface area contributed by atoms with E-state index in [4.69, 9.17) is 21.3 Å². The number of hydrogen-bond donors (Lipinski definition) is 1. The van der Waals surface area contributed by atoms with E-state index in [0.29, 0.717) is 18.1 Å². The van der Waals surface area contributed by atoms with Crippen molar-refractivity contribution in [3.63, 3.8) is 0 Å². The van der Waals surface area contributed by atoms with E-state index in [1.165, 1.54) is 6.07 Å². The fraction of sp³-hybridized carbons (Fsp3) is 0.167. The van der Waals surface area contributed by atoms with Crippen molar-refractivity contribution in [2.75, 3.05) is 27.2 Å². The van der Waals surface area contributed by atoms with E-state index in [1.807, 2.05) is 50.5 Å². The summed E-state index contributed by atoms with van der Waals surface area (Å²) in [6.45, 7) is 1.47. The molecule has 4 aromatic rings. The number of nitrogens with zero attached hydrogens (tertiary/aromatic N) is 3. The highest BCUT2D eigenvalue weighted by molar-refractivity contribution is 6.31. The summed E-state index contributed by atoms with van der Waals surface area (Å²) in [6.07, 6.45) is 3.44. The Labute approximate surface area is 185 Å². The van der Waals surface area contributed by atoms with Gasteiger partial charge < -0.3 is 14.6 Å². The fourth-order valence-corrected chi connectivity index (χ4v) is 3.33. The quantitative estimate of drug-likeness (QED) is 0.413. The summed E-state index contributed by atoms with van der Waals surface area (Å²) in [4.78, 5) is 14.4. The van der Waals surface area contributed by atoms with Gasteiger partial charge in [-0.2, -0.15) is 0 Å². The van der Waals surface area contributed by atoms with Crippen molar-refractivity contribution in [3.05, 3.63) is 77.8 Å². The SMILES string of the molecule is CN(C)CCOc1ccc(-c2nc(-c3ccc(F)c(Cl)c3)c(-c3ccncc3)[nH]2)cc1. The minimum atomic E-state index is -0.462. The number of pyridine rings is 1. The lowest BCUT2D eigenvalue weighted by atomic mass is 10.1. The molecule has 4 rings (SSSR count). The van der Waals surface area contributed by atoms with Gasteiger partial charge in [-0.15, -0.1) is 0 Å². The summed E-state index contributed by atoms with van der Waals surface area (Å²) in [5.74, 6) is 1.04. The van der Waals surface area contributed by atoms with Gasteiger partial charge in [-0.1, -0.05) is 11.6 Å². The second kappa shape index (κ2) is 9.29. The normalized spacial score (nSPS) is 11.1. The van der Waals surface area contributed by atoms with Crippen molar-refractivity contribution >= 4 is 11.6 Å². The van der Waals surface area contributed by atoms with Crippen LogP contribution < -0.4 is 4.74 Å². The molecule has 7 heteroatoms. The Kier molecular flexibility index (Phi) is 6.30. The molecule has 31 heavy (non-hydrogen) atoms. The van der Waals surface area contributed by atoms with Crippen molar-refractivity contribution in [2.45, 2.75) is 0 Å². The third kappa shape index (κ3) is 4.93. The van der Waals surface area contributed by atoms with E-state index in [-0.39, 0.29) is 5.02 Å². The number of imidazole rings is 1. The molecule has 0 radical (unpaired) electrons. The number of aromatic amines is 1. The molecule has 0 aliphatic heterocycles. The van der Waals surface area contributed by atoms with E-state index in [2.05, 4.69) is 14.9 Å². The number of hydrogen-bond acceptors (Lipinski definition) is 4. The Morgan fingerprint density at radius 1 is 0.968 bits per heavy atom. The zero-order chi connectivity index (χ0) is 21.8. The molecule has 0 saturated carbocycles. The molecule has 2 aromatic heterocycles. The maximum absolute atomic E-state index is 13.7. The van der Waals surface area contributed by atoms with Gasteiger partial charge in [0.15, 0.2) is 0 Å². The van der Waals surface area contributed by atoms with Gasteiger partial charge in [-0.25, -0.2) is 9.37 Å². The number of nitrogens with one attached hydrogen (secondary N) is 1. The second-order valence-corrected chi connectivity index (χ2v) is 7.76. The highest BCUT2D eigenvalue weighted by atomic mass is 35.5. The van der Waals surface area contributed by atoms with E-state index >= 15 is 0 Å². The Bertz CT molecular complexity index is 1160. The van der Waals surface area contributed by atoms with Gasteiger partial charge >= 0.3 is 0 Å². The first kappa shape index (κ1) is 21.0. The number of rotatable bonds is 7. The maximum Gasteiger partial charge on any atom is 0.141 e. The van der Waals surface area contributed by atoms with Crippen molar-refractivity contribution in [2.24, 2.45) is 0 Å². The molecular formula is C24H22ClFN4O. The zero-order valence-electron chi connectivity index (χ0n) is 17.3. The van der Waals surface area contributed by atoms with Crippen molar-refractivity contribution in [1.29, 1.82) is 0 Å². The molecular weight excluding hydrogens is 415 g/mol. The molecule has 158 valence electrons. The van der Waals surface area contributed by atoms with E-state index in [0.717, 1.165) is 34.7 Å². The van der Waals surface area contributed by atoms with Gasteiger partial charge in [0.1, 0.15) is 24.0 Å². The number of aromatic nitrogens is 3. The lowest BCUT2D eigenvalue weighted by Crippen LogP contribution is -2.19. The van der Waals surface area contributed by atoms with Crippen LogP contribution in [0.5, 0.6) is 5.75 Å². The summed E-state index contributed by atoms with van der Waals surface area (Å²) in [5.41, 5.74) is 4.06. The van der Waals surface area contributed by atoms with E-state index < -0.39 is 5.82 Å². The van der Waals surface area contributed by atoms with Crippen molar-refractivity contribution in [3.8, 4) is 39.7 Å². The Balaban J connectivity index is 1.69. The minimum Gasteiger partial charge on any atom is -0.492 e. The highest BCUT2D eigenvalue weighted by Crippen LogP contribution is 2.34. The topological polar surface area (TPSA) is 54.0 Å². The highest BCUT2D eigenvalue weighted by Gasteiger charge is 2.16. The van der Waals surface area contributed by atoms with Crippen LogP contribution in [0.2, 0.25) is 5.02 Å². The molecule has 0 amide bonds. The maximum atomic E-state index is 13.7. The Morgan fingerprint density at radius 2 is 1.68 bits per heavy atom. The predicted octanol–water partition coefficient (Wildman–Crippen LogP) is 5.54. The van der Waals surface area contributed by atoms with Crippen molar-refractivity contribution < 1.29 is 9.13 Å². The van der Waals surface area contributed by atoms with Gasteiger partial charge in [-0.05, 0) is 68.7 Å². The number of benzene rings is 2. The first-order chi connectivity index (χ1) is 15.0. The van der Waals surface area contributed by atoms with Gasteiger partial charge in [0.25, 0.3) is 0 Å². The molecule has 0 spiro atoms. The van der Waals surface area contributed by atoms with Crippen LogP contribution in [-0.2, 0) is 0 Å². The lowest BCUT2D eigenvalue weighted by Gasteiger charge is -2.11. The first-order valence-corrected chi connectivity index (χ1v) is 10.2. The zero-order valence-corrected chi connectivity index (χ0v) is 18.0. The van der Waals surface area contributed by atoms with E-state index in [1.54, 1.807) is 24.5 Å². The summed E-state index contributed by atoms with van der Waals surface area (Å²) >= 11 is 6.02. The Morgan fingerprint density at radius 3 is 2.35 bits per heavy atom. The molecule has 1 N–H and O–H groups in total. The summed E-state index contributed by atoms with van der Waals surface area (Å²) in [5, 5.41) is 0.0574. The fourth-order valence-electron chi connectivity index (χ4n) is 3.14. The van der Waals surface area contributed by atoms with Gasteiger partial charge in [0, 0.05) is 35.6 Å². The summed E-state index contributed by atoms with van der Waals surface area (Å²) in [6, 6.07) is 16.2. The van der Waals surface area contributed by atoms with Crippen LogP contribution in [0.15, 0.2) is 67.0 Å². The average Bonchev–Trinajstić information content (AvgIpc) is 3.22. The molecule has 0 aliphatic rings. The minimum absolute atomic E-state index is 0.0574. The standard InChI is InChI=1S/C24H22ClFN4O/c1-30(2)13-14-31-19-6-3-17(4-7-19)24-28-22(16-9-11-27-12-10-16)23(29-24)18-5-8-21(26)20(25)15-18/h3-12,15H,13-14H2,1-2H3,(H,28,29). The molecule has 0 bridgehead atoms. The number of halogens is 2. The van der Waals surface area contributed by atoms with E-state index in [9.17, 15) is 4.39 Å². The van der Waals surface area contributed by atoms with Gasteiger partial charge in [0.05, 0.1) is 16.4 Å². The van der Waals surface area contributed by atoms with Crippen molar-refractivity contribution in [1.82, 2.24) is 19.9 Å². The third-order valence-electron chi connectivity index (χ3n) is 4.80. The first-order valence-electron chi connectivity index (χ1n) is 9.85. The largest absolute Gasteiger partial charge is 0.492 e. The lowest BCUT2D eigenvalue weighted by molar-refractivity contribution is 0.261. The molecule has 2 heterocycles. The van der Waals surface area contributed by atoms with Crippen LogP contribution in [0.3, 0.4) is 0 Å². The van der Waals surface area contributed by atoms with Gasteiger partial charge in [-0.3, -0.25) is 4.98 Å². The van der Waals surface area contributed by atoms with Gasteiger partial charge in [0.2, 0.25) is 0 Å².